The summed E-state index contributed by atoms with van der Waals surface area (Å²) in [7, 11) is 0. The molecule has 0 aromatic carbocycles. The van der Waals surface area contributed by atoms with Crippen LogP contribution in [0, 0.1) is 0 Å². The lowest BCUT2D eigenvalue weighted by atomic mass is 10.1. The van der Waals surface area contributed by atoms with Crippen LogP contribution >= 0.6 is 22.9 Å². The lowest BCUT2D eigenvalue weighted by Gasteiger charge is -2.13. The summed E-state index contributed by atoms with van der Waals surface area (Å²) in [6.07, 6.45) is 0. The molecule has 5 heteroatoms. The summed E-state index contributed by atoms with van der Waals surface area (Å²) in [4.78, 5) is 11.2. The maximum Gasteiger partial charge on any atom is 0.347 e. The van der Waals surface area contributed by atoms with Gasteiger partial charge in [0, 0.05) is 4.88 Å². The maximum atomic E-state index is 10.6. The zero-order chi connectivity index (χ0) is 10.2. The second-order valence-electron chi connectivity index (χ2n) is 3.15. The van der Waals surface area contributed by atoms with Crippen LogP contribution in [0.15, 0.2) is 6.07 Å². The number of rotatable bonds is 2. The smallest absolute Gasteiger partial charge is 0.347 e. The molecule has 0 aliphatic rings. The first-order valence-corrected chi connectivity index (χ1v) is 4.77. The van der Waals surface area contributed by atoms with E-state index in [1.807, 2.05) is 0 Å². The standard InChI is InChI=1S/C8H9ClO3S/c1-8(2,12)5-3-4(9)6(13-5)7(10)11/h3,12H,1-2H3,(H,10,11). The molecule has 1 aromatic rings. The van der Waals surface area contributed by atoms with Crippen LogP contribution in [-0.2, 0) is 5.60 Å². The molecule has 2 N–H and O–H groups in total. The SMILES string of the molecule is CC(C)(O)c1cc(Cl)c(C(=O)O)s1. The van der Waals surface area contributed by atoms with Crippen LogP contribution in [0.5, 0.6) is 0 Å². The van der Waals surface area contributed by atoms with Crippen LogP contribution in [-0.4, -0.2) is 16.2 Å². The van der Waals surface area contributed by atoms with Crippen molar-refractivity contribution < 1.29 is 15.0 Å². The molecule has 0 saturated heterocycles. The first-order valence-electron chi connectivity index (χ1n) is 3.58. The first kappa shape index (κ1) is 10.5. The number of hydrogen-bond donors (Lipinski definition) is 2. The highest BCUT2D eigenvalue weighted by atomic mass is 35.5. The summed E-state index contributed by atoms with van der Waals surface area (Å²) in [5.74, 6) is -1.06. The molecular weight excluding hydrogens is 212 g/mol. The van der Waals surface area contributed by atoms with Gasteiger partial charge in [0.05, 0.1) is 10.6 Å². The summed E-state index contributed by atoms with van der Waals surface area (Å²) in [6, 6.07) is 1.48. The number of carboxylic acids is 1. The van der Waals surface area contributed by atoms with E-state index in [9.17, 15) is 9.90 Å². The summed E-state index contributed by atoms with van der Waals surface area (Å²) in [5, 5.41) is 18.4. The van der Waals surface area contributed by atoms with Gasteiger partial charge in [0.25, 0.3) is 0 Å². The second kappa shape index (κ2) is 3.29. The molecule has 0 amide bonds. The van der Waals surface area contributed by atoms with Gasteiger partial charge in [0.2, 0.25) is 0 Å². The molecule has 0 fully saturated rings. The van der Waals surface area contributed by atoms with E-state index in [4.69, 9.17) is 16.7 Å². The number of hydrogen-bond acceptors (Lipinski definition) is 3. The van der Waals surface area contributed by atoms with Gasteiger partial charge in [-0.2, -0.15) is 0 Å². The number of carboxylic acid groups (broad SMARTS) is 1. The summed E-state index contributed by atoms with van der Waals surface area (Å²) >= 11 is 6.66. The Bertz CT molecular complexity index is 338. The molecule has 0 unspecified atom stereocenters. The van der Waals surface area contributed by atoms with Gasteiger partial charge in [0.15, 0.2) is 0 Å². The van der Waals surface area contributed by atoms with Gasteiger partial charge in [0.1, 0.15) is 4.88 Å². The Morgan fingerprint density at radius 2 is 2.15 bits per heavy atom. The van der Waals surface area contributed by atoms with E-state index < -0.39 is 11.6 Å². The molecule has 13 heavy (non-hydrogen) atoms. The normalized spacial score (nSPS) is 11.7. The highest BCUT2D eigenvalue weighted by Crippen LogP contribution is 2.33. The lowest BCUT2D eigenvalue weighted by molar-refractivity contribution is 0.0702. The molecule has 0 spiro atoms. The van der Waals surface area contributed by atoms with Crippen LogP contribution in [0.2, 0.25) is 5.02 Å². The summed E-state index contributed by atoms with van der Waals surface area (Å²) in [6.45, 7) is 3.17. The number of thiophene rings is 1. The Morgan fingerprint density at radius 3 is 2.38 bits per heavy atom. The molecular formula is C8H9ClO3S. The molecule has 1 aromatic heterocycles. The minimum Gasteiger partial charge on any atom is -0.477 e. The van der Waals surface area contributed by atoms with Crippen molar-refractivity contribution >= 4 is 28.9 Å². The predicted octanol–water partition coefficient (Wildman–Crippen LogP) is 2.33. The van der Waals surface area contributed by atoms with E-state index in [0.717, 1.165) is 11.3 Å². The maximum absolute atomic E-state index is 10.6. The van der Waals surface area contributed by atoms with Crippen molar-refractivity contribution in [3.63, 3.8) is 0 Å². The van der Waals surface area contributed by atoms with Crippen LogP contribution in [0.3, 0.4) is 0 Å². The Labute approximate surface area is 84.6 Å². The van der Waals surface area contributed by atoms with Gasteiger partial charge < -0.3 is 10.2 Å². The fraction of sp³-hybridized carbons (Fsp3) is 0.375. The van der Waals surface area contributed by atoms with Gasteiger partial charge in [-0.1, -0.05) is 11.6 Å². The predicted molar refractivity (Wildman–Crippen MR) is 51.5 cm³/mol. The van der Waals surface area contributed by atoms with E-state index in [1.54, 1.807) is 13.8 Å². The molecule has 1 rings (SSSR count). The quantitative estimate of drug-likeness (QED) is 0.804. The summed E-state index contributed by atoms with van der Waals surface area (Å²) < 4.78 is 0. The molecule has 3 nitrogen and oxygen atoms in total. The molecule has 72 valence electrons. The number of carbonyl (C=O) groups is 1. The lowest BCUT2D eigenvalue weighted by Crippen LogP contribution is -2.12. The topological polar surface area (TPSA) is 57.5 Å². The number of aliphatic hydroxyl groups is 1. The minimum absolute atomic E-state index is 0.0683. The van der Waals surface area contributed by atoms with E-state index in [-0.39, 0.29) is 9.90 Å². The van der Waals surface area contributed by atoms with Gasteiger partial charge >= 0.3 is 5.97 Å². The Kier molecular flexibility index (Phi) is 2.66. The van der Waals surface area contributed by atoms with Crippen molar-refractivity contribution in [2.45, 2.75) is 19.4 Å². The van der Waals surface area contributed by atoms with Gasteiger partial charge in [-0.15, -0.1) is 11.3 Å². The summed E-state index contributed by atoms with van der Waals surface area (Å²) in [5.41, 5.74) is -1.04. The van der Waals surface area contributed by atoms with E-state index in [0.29, 0.717) is 4.88 Å². The largest absolute Gasteiger partial charge is 0.477 e. The van der Waals surface area contributed by atoms with Crippen molar-refractivity contribution in [2.24, 2.45) is 0 Å². The van der Waals surface area contributed by atoms with Crippen molar-refractivity contribution in [3.8, 4) is 0 Å². The Balaban J connectivity index is 3.17. The molecule has 0 saturated carbocycles. The van der Waals surface area contributed by atoms with Crippen molar-refractivity contribution in [2.75, 3.05) is 0 Å². The third kappa shape index (κ3) is 2.21. The van der Waals surface area contributed by atoms with Crippen LogP contribution < -0.4 is 0 Å². The highest BCUT2D eigenvalue weighted by Gasteiger charge is 2.23. The monoisotopic (exact) mass is 220 g/mol. The average Bonchev–Trinajstić information content (AvgIpc) is 2.29. The molecule has 1 heterocycles. The third-order valence-corrected chi connectivity index (χ3v) is 3.33. The average molecular weight is 221 g/mol. The molecule has 0 bridgehead atoms. The van der Waals surface area contributed by atoms with Crippen molar-refractivity contribution in [1.29, 1.82) is 0 Å². The molecule has 0 radical (unpaired) electrons. The van der Waals surface area contributed by atoms with Crippen LogP contribution in [0.25, 0.3) is 0 Å². The zero-order valence-electron chi connectivity index (χ0n) is 7.17. The van der Waals surface area contributed by atoms with Crippen molar-refractivity contribution in [3.05, 3.63) is 20.8 Å². The van der Waals surface area contributed by atoms with Gasteiger partial charge in [-0.3, -0.25) is 0 Å². The first-order chi connectivity index (χ1) is 5.82. The van der Waals surface area contributed by atoms with Crippen LogP contribution in [0.1, 0.15) is 28.4 Å². The van der Waals surface area contributed by atoms with Crippen LogP contribution in [0.4, 0.5) is 0 Å². The van der Waals surface area contributed by atoms with Gasteiger partial charge in [-0.25, -0.2) is 4.79 Å². The Hall–Kier alpha value is -0.580. The Morgan fingerprint density at radius 1 is 1.62 bits per heavy atom. The van der Waals surface area contributed by atoms with Gasteiger partial charge in [-0.05, 0) is 19.9 Å². The zero-order valence-corrected chi connectivity index (χ0v) is 8.74. The number of aromatic carboxylic acids is 1. The van der Waals surface area contributed by atoms with E-state index in [2.05, 4.69) is 0 Å². The fourth-order valence-corrected chi connectivity index (χ4v) is 2.08. The highest BCUT2D eigenvalue weighted by molar-refractivity contribution is 7.14. The molecule has 0 aliphatic heterocycles. The van der Waals surface area contributed by atoms with E-state index >= 15 is 0 Å². The van der Waals surface area contributed by atoms with E-state index in [1.165, 1.54) is 6.07 Å². The minimum atomic E-state index is -1.06. The third-order valence-electron chi connectivity index (χ3n) is 1.48. The molecule has 0 aliphatic carbocycles. The number of halogens is 1. The molecule has 0 atom stereocenters. The fourth-order valence-electron chi connectivity index (χ4n) is 0.816. The second-order valence-corrected chi connectivity index (χ2v) is 4.61. The van der Waals surface area contributed by atoms with Crippen molar-refractivity contribution in [1.82, 2.24) is 0 Å².